The van der Waals surface area contributed by atoms with Crippen LogP contribution in [0.4, 0.5) is 0 Å². The molecule has 2 aliphatic rings. The molecule has 2 aliphatic heterocycles. The van der Waals surface area contributed by atoms with E-state index in [0.717, 1.165) is 43.8 Å². The van der Waals surface area contributed by atoms with Gasteiger partial charge in [-0.3, -0.25) is 9.69 Å². The molecule has 0 radical (unpaired) electrons. The highest BCUT2D eigenvalue weighted by atomic mass is 16.5. The van der Waals surface area contributed by atoms with E-state index in [1.165, 1.54) is 42.6 Å². The third-order valence-corrected chi connectivity index (χ3v) is 5.81. The number of nitrogens with zero attached hydrogens (tertiary/aromatic N) is 2. The Hall–Kier alpha value is -2.33. The van der Waals surface area contributed by atoms with Gasteiger partial charge in [0.1, 0.15) is 5.75 Å². The standard InChI is InChI=1S/C23H28N2O2/c1-27-22-9-8-19-10-14-25(15-11-21(19)16-22)23(26)20-6-4-18(5-7-20)17-24-12-2-3-13-24/h4-9,16H,2-3,10-15,17H2,1H3. The highest BCUT2D eigenvalue weighted by Crippen LogP contribution is 2.22. The molecule has 1 saturated heterocycles. The van der Waals surface area contributed by atoms with Crippen LogP contribution in [0.2, 0.25) is 0 Å². The number of methoxy groups -OCH3 is 1. The highest BCUT2D eigenvalue weighted by molar-refractivity contribution is 5.94. The molecular weight excluding hydrogens is 336 g/mol. The summed E-state index contributed by atoms with van der Waals surface area (Å²) in [6, 6.07) is 14.5. The van der Waals surface area contributed by atoms with Gasteiger partial charge in [0, 0.05) is 25.2 Å². The Labute approximate surface area is 161 Å². The second kappa shape index (κ2) is 8.13. The van der Waals surface area contributed by atoms with Gasteiger partial charge in [-0.05, 0) is 79.7 Å². The molecule has 1 fully saturated rings. The summed E-state index contributed by atoms with van der Waals surface area (Å²) in [6.45, 7) is 4.91. The molecule has 0 aliphatic carbocycles. The van der Waals surface area contributed by atoms with Crippen molar-refractivity contribution in [1.82, 2.24) is 9.80 Å². The Balaban J connectivity index is 1.40. The summed E-state index contributed by atoms with van der Waals surface area (Å²) >= 11 is 0. The first-order valence-electron chi connectivity index (χ1n) is 9.99. The lowest BCUT2D eigenvalue weighted by atomic mass is 10.0. The summed E-state index contributed by atoms with van der Waals surface area (Å²) in [5.74, 6) is 1.03. The molecule has 27 heavy (non-hydrogen) atoms. The molecule has 0 aromatic heterocycles. The molecule has 142 valence electrons. The largest absolute Gasteiger partial charge is 0.497 e. The van der Waals surface area contributed by atoms with Crippen LogP contribution in [0, 0.1) is 0 Å². The predicted octanol–water partition coefficient (Wildman–Crippen LogP) is 3.53. The number of carbonyl (C=O) groups excluding carboxylic acids is 1. The lowest BCUT2D eigenvalue weighted by Crippen LogP contribution is -2.33. The smallest absolute Gasteiger partial charge is 0.253 e. The van der Waals surface area contributed by atoms with Crippen LogP contribution in [0.1, 0.15) is 39.9 Å². The minimum Gasteiger partial charge on any atom is -0.497 e. The summed E-state index contributed by atoms with van der Waals surface area (Å²) in [5.41, 5.74) is 4.71. The Morgan fingerprint density at radius 3 is 2.33 bits per heavy atom. The van der Waals surface area contributed by atoms with Crippen LogP contribution in [0.15, 0.2) is 42.5 Å². The van der Waals surface area contributed by atoms with Gasteiger partial charge in [-0.15, -0.1) is 0 Å². The average Bonchev–Trinajstić information content (AvgIpc) is 3.12. The summed E-state index contributed by atoms with van der Waals surface area (Å²) in [5, 5.41) is 0. The van der Waals surface area contributed by atoms with Crippen molar-refractivity contribution in [2.24, 2.45) is 0 Å². The van der Waals surface area contributed by atoms with Crippen LogP contribution >= 0.6 is 0 Å². The van der Waals surface area contributed by atoms with Gasteiger partial charge in [0.25, 0.3) is 5.91 Å². The minimum atomic E-state index is 0.141. The third-order valence-electron chi connectivity index (χ3n) is 5.81. The molecule has 0 N–H and O–H groups in total. The molecule has 0 saturated carbocycles. The molecule has 4 nitrogen and oxygen atoms in total. The lowest BCUT2D eigenvalue weighted by molar-refractivity contribution is 0.0763. The van der Waals surface area contributed by atoms with Crippen LogP contribution in [-0.2, 0) is 19.4 Å². The number of hydrogen-bond acceptors (Lipinski definition) is 3. The average molecular weight is 364 g/mol. The van der Waals surface area contributed by atoms with Crippen molar-refractivity contribution in [3.8, 4) is 5.75 Å². The molecule has 0 atom stereocenters. The van der Waals surface area contributed by atoms with Gasteiger partial charge in [-0.1, -0.05) is 18.2 Å². The second-order valence-electron chi connectivity index (χ2n) is 7.61. The fraction of sp³-hybridized carbons (Fsp3) is 0.435. The van der Waals surface area contributed by atoms with Crippen LogP contribution in [-0.4, -0.2) is 49.0 Å². The Bertz CT molecular complexity index is 795. The fourth-order valence-electron chi connectivity index (χ4n) is 4.17. The minimum absolute atomic E-state index is 0.141. The second-order valence-corrected chi connectivity index (χ2v) is 7.61. The molecule has 0 bridgehead atoms. The maximum absolute atomic E-state index is 13.0. The zero-order valence-corrected chi connectivity index (χ0v) is 16.1. The molecule has 2 aromatic rings. The van der Waals surface area contributed by atoms with Gasteiger partial charge in [-0.25, -0.2) is 0 Å². The fourth-order valence-corrected chi connectivity index (χ4v) is 4.17. The number of fused-ring (bicyclic) bond motifs is 1. The Kier molecular flexibility index (Phi) is 5.44. The molecule has 2 heterocycles. The summed E-state index contributed by atoms with van der Waals surface area (Å²) in [4.78, 5) is 17.4. The van der Waals surface area contributed by atoms with Crippen LogP contribution in [0.3, 0.4) is 0 Å². The number of benzene rings is 2. The summed E-state index contributed by atoms with van der Waals surface area (Å²) in [6.07, 6.45) is 4.39. The van der Waals surface area contributed by atoms with E-state index < -0.39 is 0 Å². The van der Waals surface area contributed by atoms with E-state index in [4.69, 9.17) is 4.74 Å². The zero-order chi connectivity index (χ0) is 18.6. The number of carbonyl (C=O) groups is 1. The maximum atomic E-state index is 13.0. The van der Waals surface area contributed by atoms with Crippen molar-refractivity contribution in [1.29, 1.82) is 0 Å². The van der Waals surface area contributed by atoms with E-state index in [1.54, 1.807) is 7.11 Å². The van der Waals surface area contributed by atoms with Gasteiger partial charge in [0.2, 0.25) is 0 Å². The molecule has 0 unspecified atom stereocenters. The van der Waals surface area contributed by atoms with E-state index in [0.29, 0.717) is 0 Å². The van der Waals surface area contributed by atoms with E-state index in [-0.39, 0.29) is 5.91 Å². The number of likely N-dealkylation sites (tertiary alicyclic amines) is 1. The van der Waals surface area contributed by atoms with Gasteiger partial charge in [0.15, 0.2) is 0 Å². The quantitative estimate of drug-likeness (QED) is 0.832. The molecule has 1 amide bonds. The van der Waals surface area contributed by atoms with E-state index in [9.17, 15) is 4.79 Å². The van der Waals surface area contributed by atoms with Crippen molar-refractivity contribution in [3.05, 3.63) is 64.7 Å². The molecule has 2 aromatic carbocycles. The first kappa shape index (κ1) is 18.1. The monoisotopic (exact) mass is 364 g/mol. The SMILES string of the molecule is COc1ccc2c(c1)CCN(C(=O)c1ccc(CN3CCCC3)cc1)CC2. The normalized spacial score (nSPS) is 17.4. The van der Waals surface area contributed by atoms with Gasteiger partial charge in [-0.2, -0.15) is 0 Å². The van der Waals surface area contributed by atoms with Crippen molar-refractivity contribution in [3.63, 3.8) is 0 Å². The number of rotatable bonds is 4. The first-order valence-corrected chi connectivity index (χ1v) is 9.99. The van der Waals surface area contributed by atoms with E-state index in [1.807, 2.05) is 23.1 Å². The van der Waals surface area contributed by atoms with Crippen molar-refractivity contribution in [2.75, 3.05) is 33.3 Å². The highest BCUT2D eigenvalue weighted by Gasteiger charge is 2.20. The van der Waals surface area contributed by atoms with E-state index in [2.05, 4.69) is 29.2 Å². The number of amides is 1. The predicted molar refractivity (Wildman–Crippen MR) is 107 cm³/mol. The summed E-state index contributed by atoms with van der Waals surface area (Å²) in [7, 11) is 1.70. The molecule has 0 spiro atoms. The van der Waals surface area contributed by atoms with Gasteiger partial charge < -0.3 is 9.64 Å². The van der Waals surface area contributed by atoms with Gasteiger partial charge in [0.05, 0.1) is 7.11 Å². The molecule has 4 rings (SSSR count). The van der Waals surface area contributed by atoms with Crippen molar-refractivity contribution in [2.45, 2.75) is 32.2 Å². The maximum Gasteiger partial charge on any atom is 0.253 e. The van der Waals surface area contributed by atoms with E-state index >= 15 is 0 Å². The van der Waals surface area contributed by atoms with Crippen molar-refractivity contribution < 1.29 is 9.53 Å². The first-order chi connectivity index (χ1) is 13.2. The number of ether oxygens (including phenoxy) is 1. The van der Waals surface area contributed by atoms with Crippen molar-refractivity contribution >= 4 is 5.91 Å². The zero-order valence-electron chi connectivity index (χ0n) is 16.1. The Morgan fingerprint density at radius 1 is 0.926 bits per heavy atom. The van der Waals surface area contributed by atoms with Crippen LogP contribution < -0.4 is 4.74 Å². The molecular formula is C23H28N2O2. The topological polar surface area (TPSA) is 32.8 Å². The Morgan fingerprint density at radius 2 is 1.63 bits per heavy atom. The lowest BCUT2D eigenvalue weighted by Gasteiger charge is -2.21. The van der Waals surface area contributed by atoms with Crippen LogP contribution in [0.5, 0.6) is 5.75 Å². The van der Waals surface area contributed by atoms with Gasteiger partial charge >= 0.3 is 0 Å². The third kappa shape index (κ3) is 4.16. The molecule has 4 heteroatoms. The van der Waals surface area contributed by atoms with Crippen LogP contribution in [0.25, 0.3) is 0 Å². The summed E-state index contributed by atoms with van der Waals surface area (Å²) < 4.78 is 5.34. The number of hydrogen-bond donors (Lipinski definition) is 0.